The van der Waals surface area contributed by atoms with Crippen molar-refractivity contribution in [1.82, 2.24) is 58.4 Å². The summed E-state index contributed by atoms with van der Waals surface area (Å²) in [6, 6.07) is 58.2. The largest absolute Gasteiger partial charge is 0.505 e. The van der Waals surface area contributed by atoms with Gasteiger partial charge in [-0.05, 0) is 195 Å². The van der Waals surface area contributed by atoms with Crippen LogP contribution in [0.15, 0.2) is 237 Å². The highest BCUT2D eigenvalue weighted by Gasteiger charge is 2.30. The Balaban J connectivity index is 0.000000144. The standard InChI is InChI=1S/2C23H25N3O4.C19H18N2O5.2C17H12ClN3O2.C6H13N/c2*1-30-17-11-9-15(10-12-17)14-26-18-8-5-13-24-20(18)21(27)19(23(26)29)22(28)25-16-6-3-2-4-7-16;1-3-26-19(24)15-17(22)16-14(5-4-10-20-16)21(18(15)23)11-12-6-8-13(25-2)9-7-12;2*1-23-12-6-4-11(5-7-12)10-21-14-3-2-8-20-16(14)15(18)13(9-19)17(21)22;7-6-4-2-1-3-5-6/h2*5,8-13,16,27H,2-4,6-7,14H2,1H3,(H,25,28);4-10,22H,3,11H2,1-2H3;2*2-8H,10H2,1H3;6H,1-5,7H2. The summed E-state index contributed by atoms with van der Waals surface area (Å²) in [5.74, 6) is 0.465. The number of nitrogens with zero attached hydrogens (tertiary/aromatic N) is 12. The van der Waals surface area contributed by atoms with Gasteiger partial charge in [-0.2, -0.15) is 10.5 Å². The third kappa shape index (κ3) is 24.2. The van der Waals surface area contributed by atoms with Crippen LogP contribution in [0.3, 0.4) is 0 Å². The van der Waals surface area contributed by atoms with E-state index in [0.29, 0.717) is 63.5 Å². The number of fused-ring (bicyclic) bond motifs is 5. The van der Waals surface area contributed by atoms with Gasteiger partial charge in [0.2, 0.25) is 0 Å². The number of pyridine rings is 10. The number of nitrogens with two attached hydrogens (primary N) is 1. The minimum atomic E-state index is -0.869. The van der Waals surface area contributed by atoms with Crippen LogP contribution in [0.25, 0.3) is 55.2 Å². The molecular formula is C105H105Cl2N15O17. The van der Waals surface area contributed by atoms with Crippen LogP contribution in [0.2, 0.25) is 10.0 Å². The van der Waals surface area contributed by atoms with Crippen molar-refractivity contribution >= 4 is 96.2 Å². The van der Waals surface area contributed by atoms with E-state index in [-0.39, 0.29) is 98.7 Å². The fourth-order valence-corrected chi connectivity index (χ4v) is 17.3. The van der Waals surface area contributed by atoms with Gasteiger partial charge in [0.05, 0.1) is 113 Å². The average Bonchev–Trinajstić information content (AvgIpc) is 0.782. The number of benzene rings is 5. The van der Waals surface area contributed by atoms with Gasteiger partial charge in [-0.25, -0.2) is 4.79 Å². The zero-order valence-corrected chi connectivity index (χ0v) is 79.1. The number of hydrogen-bond donors (Lipinski definition) is 6. The number of hydrogen-bond acceptors (Lipinski definition) is 25. The van der Waals surface area contributed by atoms with E-state index < -0.39 is 56.9 Å². The summed E-state index contributed by atoms with van der Waals surface area (Å²) in [7, 11) is 7.95. The number of aromatic nitrogens is 10. The Bertz CT molecular complexity index is 6990. The summed E-state index contributed by atoms with van der Waals surface area (Å²) in [6.45, 7) is 3.05. The van der Waals surface area contributed by atoms with Gasteiger partial charge in [0, 0.05) is 49.1 Å². The molecule has 0 saturated heterocycles. The lowest BCUT2D eigenvalue weighted by molar-refractivity contribution is 0.0520. The monoisotopic (exact) mass is 1920 g/mol. The maximum atomic E-state index is 13.3. The number of methoxy groups -OCH3 is 5. The van der Waals surface area contributed by atoms with Gasteiger partial charge in [-0.3, -0.25) is 58.5 Å². The van der Waals surface area contributed by atoms with Crippen LogP contribution in [-0.4, -0.2) is 141 Å². The van der Waals surface area contributed by atoms with Crippen molar-refractivity contribution in [3.05, 3.63) is 330 Å². The van der Waals surface area contributed by atoms with E-state index in [2.05, 4.69) is 35.6 Å². The second kappa shape index (κ2) is 48.1. The quantitative estimate of drug-likeness (QED) is 0.0364. The second-order valence-corrected chi connectivity index (χ2v) is 33.8. The lowest BCUT2D eigenvalue weighted by Gasteiger charge is -2.23. The molecule has 10 heterocycles. The van der Waals surface area contributed by atoms with Gasteiger partial charge in [0.15, 0.2) is 22.8 Å². The van der Waals surface area contributed by atoms with Crippen molar-refractivity contribution in [2.75, 3.05) is 42.2 Å². The van der Waals surface area contributed by atoms with Crippen LogP contribution in [0.4, 0.5) is 0 Å². The first-order chi connectivity index (χ1) is 67.4. The molecule has 5 aromatic carbocycles. The van der Waals surface area contributed by atoms with Gasteiger partial charge in [-0.15, -0.1) is 0 Å². The topological polar surface area (TPSA) is 439 Å². The van der Waals surface area contributed by atoms with Crippen molar-refractivity contribution < 1.29 is 58.1 Å². The van der Waals surface area contributed by atoms with Gasteiger partial charge in [-0.1, -0.05) is 142 Å². The molecule has 3 fully saturated rings. The van der Waals surface area contributed by atoms with E-state index in [9.17, 15) is 64.2 Å². The van der Waals surface area contributed by atoms with Crippen LogP contribution < -0.4 is 67.8 Å². The van der Waals surface area contributed by atoms with E-state index in [0.717, 1.165) is 115 Å². The summed E-state index contributed by atoms with van der Waals surface area (Å²) in [5, 5.41) is 56.4. The van der Waals surface area contributed by atoms with Gasteiger partial charge in [0.1, 0.15) is 90.7 Å². The van der Waals surface area contributed by atoms with Crippen molar-refractivity contribution in [1.29, 1.82) is 10.5 Å². The molecule has 0 bridgehead atoms. The third-order valence-electron chi connectivity index (χ3n) is 24.1. The number of halogens is 2. The number of aromatic hydroxyl groups is 3. The van der Waals surface area contributed by atoms with E-state index in [1.807, 2.05) is 121 Å². The van der Waals surface area contributed by atoms with E-state index >= 15 is 0 Å². The maximum absolute atomic E-state index is 13.3. The summed E-state index contributed by atoms with van der Waals surface area (Å²) in [5.41, 5.74) is 10.5. The van der Waals surface area contributed by atoms with Crippen LogP contribution >= 0.6 is 23.2 Å². The highest BCUT2D eigenvalue weighted by atomic mass is 35.5. The van der Waals surface area contributed by atoms with Gasteiger partial charge < -0.3 is 82.9 Å². The minimum Gasteiger partial charge on any atom is -0.505 e. The van der Waals surface area contributed by atoms with Crippen LogP contribution in [0.5, 0.6) is 46.0 Å². The molecule has 0 radical (unpaired) electrons. The normalized spacial score (nSPS) is 13.0. The highest BCUT2D eigenvalue weighted by Crippen LogP contribution is 2.33. The maximum Gasteiger partial charge on any atom is 0.347 e. The van der Waals surface area contributed by atoms with E-state index in [4.69, 9.17) is 57.4 Å². The summed E-state index contributed by atoms with van der Waals surface area (Å²) < 4.78 is 38.1. The number of rotatable bonds is 21. The molecule has 0 atom stereocenters. The minimum absolute atomic E-state index is 0.0273. The van der Waals surface area contributed by atoms with Crippen molar-refractivity contribution in [2.24, 2.45) is 5.73 Å². The fraction of sp³-hybridized carbons (Fsp3) is 0.286. The number of carbonyl (C=O) groups is 3. The first-order valence-corrected chi connectivity index (χ1v) is 46.1. The Kier molecular flexibility index (Phi) is 34.8. The van der Waals surface area contributed by atoms with Crippen LogP contribution in [-0.2, 0) is 37.5 Å². The fourth-order valence-electron chi connectivity index (χ4n) is 16.8. The molecule has 32 nitrogen and oxygen atoms in total. The van der Waals surface area contributed by atoms with Crippen molar-refractivity contribution in [3.63, 3.8) is 0 Å². The number of amides is 2. The molecule has 7 N–H and O–H groups in total. The lowest BCUT2D eigenvalue weighted by Crippen LogP contribution is -2.40. The molecule has 3 aliphatic rings. The Hall–Kier alpha value is -15.8. The third-order valence-corrected chi connectivity index (χ3v) is 24.8. The molecule has 139 heavy (non-hydrogen) atoms. The number of esters is 1. The lowest BCUT2D eigenvalue weighted by atomic mass is 9.95. The number of ether oxygens (including phenoxy) is 6. The van der Waals surface area contributed by atoms with Gasteiger partial charge >= 0.3 is 5.97 Å². The summed E-state index contributed by atoms with van der Waals surface area (Å²) >= 11 is 12.3. The Morgan fingerprint density at radius 2 is 0.604 bits per heavy atom. The van der Waals surface area contributed by atoms with Crippen LogP contribution in [0.1, 0.15) is 173 Å². The number of nitriles is 2. The Morgan fingerprint density at radius 1 is 0.367 bits per heavy atom. The van der Waals surface area contributed by atoms with E-state index in [1.54, 1.807) is 128 Å². The predicted molar refractivity (Wildman–Crippen MR) is 531 cm³/mol. The predicted octanol–water partition coefficient (Wildman–Crippen LogP) is 16.0. The van der Waals surface area contributed by atoms with Crippen molar-refractivity contribution in [2.45, 2.75) is 154 Å². The molecule has 34 heteroatoms. The molecule has 10 aromatic heterocycles. The summed E-state index contributed by atoms with van der Waals surface area (Å²) in [4.78, 5) is 124. The Labute approximate surface area is 809 Å². The van der Waals surface area contributed by atoms with E-state index in [1.165, 1.54) is 73.5 Å². The van der Waals surface area contributed by atoms with Crippen molar-refractivity contribution in [3.8, 4) is 58.1 Å². The molecule has 0 aliphatic heterocycles. The molecule has 15 aromatic rings. The first-order valence-electron chi connectivity index (χ1n) is 45.4. The van der Waals surface area contributed by atoms with Gasteiger partial charge in [0.25, 0.3) is 39.6 Å². The second-order valence-electron chi connectivity index (χ2n) is 33.1. The average molecular weight is 1920 g/mol. The highest BCUT2D eigenvalue weighted by molar-refractivity contribution is 6.36. The number of carbonyl (C=O) groups excluding carboxylic acids is 3. The molecule has 0 spiro atoms. The smallest absolute Gasteiger partial charge is 0.347 e. The molecule has 2 amide bonds. The molecule has 18 rings (SSSR count). The van der Waals surface area contributed by atoms with Crippen LogP contribution in [0, 0.1) is 22.7 Å². The zero-order chi connectivity index (χ0) is 98.8. The Morgan fingerprint density at radius 3 is 0.849 bits per heavy atom. The first kappa shape index (κ1) is 101. The molecule has 3 aliphatic carbocycles. The molecule has 716 valence electrons. The SMILES string of the molecule is CCOC(=O)c1c(O)c2ncccc2n(Cc2ccc(OC)cc2)c1=O.COc1ccc(Cn2c(=O)c(C#N)c(Cl)c3ncccc32)cc1.COc1ccc(Cn2c(=O)c(C#N)c(Cl)c3ncccc32)cc1.COc1ccc(Cn2c(=O)c(C(=O)NC3CCCCC3)c(O)c3ncccc32)cc1.COc1ccc(Cn2c(=O)c(C(=O)NC3CCCCC3)c(O)c3ncccc32)cc1.NC1CCCCC1. The molecular weight excluding hydrogens is 1810 g/mol. The molecule has 3 saturated carbocycles. The summed E-state index contributed by atoms with van der Waals surface area (Å²) in [6.07, 6.45) is 24.5. The zero-order valence-electron chi connectivity index (χ0n) is 77.5. The number of nitrogens with one attached hydrogen (secondary N) is 2. The molecule has 0 unspecified atom stereocenters.